The molecule has 5 nitrogen and oxygen atoms in total. The van der Waals surface area contributed by atoms with Crippen LogP contribution in [0.15, 0.2) is 29.1 Å². The third-order valence-electron chi connectivity index (χ3n) is 6.52. The average molecular weight is 426 g/mol. The Hall–Kier alpha value is -2.54. The van der Waals surface area contributed by atoms with Crippen LogP contribution in [0, 0.1) is 12.7 Å². The summed E-state index contributed by atoms with van der Waals surface area (Å²) < 4.78 is 15.0. The number of carbonyl (C=O) groups is 1. The normalized spacial score (nSPS) is 17.4. The minimum atomic E-state index is -0.253. The van der Waals surface area contributed by atoms with E-state index >= 15 is 0 Å². The molecule has 1 fully saturated rings. The lowest BCUT2D eigenvalue weighted by molar-refractivity contribution is 0.0953. The number of benzene rings is 1. The van der Waals surface area contributed by atoms with E-state index in [9.17, 15) is 14.0 Å². The van der Waals surface area contributed by atoms with Crippen LogP contribution in [0.2, 0.25) is 0 Å². The molecule has 0 spiro atoms. The number of fused-ring (bicyclic) bond motifs is 2. The highest BCUT2D eigenvalue weighted by Crippen LogP contribution is 2.47. The van der Waals surface area contributed by atoms with Crippen LogP contribution >= 0.6 is 11.3 Å². The minimum absolute atomic E-state index is 0.0188. The molecule has 0 bridgehead atoms. The fourth-order valence-corrected chi connectivity index (χ4v) is 5.58. The lowest BCUT2D eigenvalue weighted by Crippen LogP contribution is -2.32. The number of hydrogen-bond acceptors (Lipinski definition) is 4. The van der Waals surface area contributed by atoms with Crippen LogP contribution in [0.25, 0.3) is 10.2 Å². The van der Waals surface area contributed by atoms with E-state index in [1.165, 1.54) is 23.5 Å². The molecule has 0 unspecified atom stereocenters. The number of aromatic nitrogens is 2. The first-order valence-electron chi connectivity index (χ1n) is 10.6. The van der Waals surface area contributed by atoms with Gasteiger partial charge in [0.2, 0.25) is 0 Å². The lowest BCUT2D eigenvalue weighted by atomic mass is 9.96. The molecule has 1 saturated carbocycles. The van der Waals surface area contributed by atoms with Gasteiger partial charge in [-0.15, -0.1) is 11.3 Å². The molecular weight excluding hydrogens is 401 g/mol. The number of halogens is 1. The first kappa shape index (κ1) is 19.4. The molecule has 7 heteroatoms. The molecule has 1 aliphatic carbocycles. The van der Waals surface area contributed by atoms with Crippen molar-refractivity contribution >= 4 is 27.5 Å². The Bertz CT molecular complexity index is 1190. The number of thiophene rings is 1. The highest BCUT2D eigenvalue weighted by atomic mass is 32.1. The maximum absolute atomic E-state index is 13.2. The zero-order valence-corrected chi connectivity index (χ0v) is 17.8. The van der Waals surface area contributed by atoms with Crippen molar-refractivity contribution in [2.24, 2.45) is 0 Å². The van der Waals surface area contributed by atoms with E-state index in [2.05, 4.69) is 5.32 Å². The highest BCUT2D eigenvalue weighted by molar-refractivity contribution is 7.20. The topological polar surface area (TPSA) is 64.0 Å². The Labute approximate surface area is 178 Å². The number of nitrogens with zero attached hydrogens (tertiary/aromatic N) is 2. The summed E-state index contributed by atoms with van der Waals surface area (Å²) in [7, 11) is 0. The van der Waals surface area contributed by atoms with Gasteiger partial charge >= 0.3 is 0 Å². The van der Waals surface area contributed by atoms with Gasteiger partial charge in [0.15, 0.2) is 0 Å². The smallest absolute Gasteiger partial charge is 0.262 e. The van der Waals surface area contributed by atoms with E-state index in [0.717, 1.165) is 55.5 Å². The summed E-state index contributed by atoms with van der Waals surface area (Å²) in [5.41, 5.74) is 1.65. The fourth-order valence-electron chi connectivity index (χ4n) is 4.48. The van der Waals surface area contributed by atoms with Crippen LogP contribution in [-0.4, -0.2) is 22.0 Å². The van der Waals surface area contributed by atoms with Gasteiger partial charge in [-0.3, -0.25) is 14.2 Å². The molecular formula is C23H24FN3O2S. The molecule has 0 radical (unpaired) electrons. The molecule has 0 atom stereocenters. The average Bonchev–Trinajstić information content (AvgIpc) is 3.49. The molecule has 2 aromatic heterocycles. The second-order valence-corrected chi connectivity index (χ2v) is 9.50. The summed E-state index contributed by atoms with van der Waals surface area (Å²) in [5.74, 6) is 0.423. The quantitative estimate of drug-likeness (QED) is 0.685. The van der Waals surface area contributed by atoms with Crippen LogP contribution in [0.5, 0.6) is 0 Å². The molecule has 1 amide bonds. The molecule has 30 heavy (non-hydrogen) atoms. The van der Waals surface area contributed by atoms with E-state index in [1.807, 2.05) is 6.92 Å². The minimum Gasteiger partial charge on any atom is -0.350 e. The molecule has 3 heterocycles. The number of nitrogens with one attached hydrogen (secondary N) is 1. The number of amides is 1. The lowest BCUT2D eigenvalue weighted by Gasteiger charge is -2.16. The predicted octanol–water partition coefficient (Wildman–Crippen LogP) is 4.09. The molecule has 3 aromatic rings. The summed E-state index contributed by atoms with van der Waals surface area (Å²) in [5, 5.41) is 3.64. The van der Waals surface area contributed by atoms with E-state index in [-0.39, 0.29) is 22.7 Å². The van der Waals surface area contributed by atoms with Gasteiger partial charge in [0, 0.05) is 24.9 Å². The monoisotopic (exact) mass is 425 g/mol. The van der Waals surface area contributed by atoms with Gasteiger partial charge in [0.1, 0.15) is 16.5 Å². The van der Waals surface area contributed by atoms with Crippen molar-refractivity contribution < 1.29 is 9.18 Å². The van der Waals surface area contributed by atoms with Crippen molar-refractivity contribution in [3.05, 3.63) is 62.3 Å². The van der Waals surface area contributed by atoms with Crippen LogP contribution in [0.3, 0.4) is 0 Å². The molecule has 1 N–H and O–H groups in total. The Morgan fingerprint density at radius 3 is 2.73 bits per heavy atom. The Kier molecular flexibility index (Phi) is 4.73. The second kappa shape index (κ2) is 7.30. The van der Waals surface area contributed by atoms with Crippen LogP contribution in [0.4, 0.5) is 4.39 Å². The van der Waals surface area contributed by atoms with Gasteiger partial charge < -0.3 is 5.32 Å². The zero-order chi connectivity index (χ0) is 20.9. The van der Waals surface area contributed by atoms with E-state index in [4.69, 9.17) is 4.98 Å². The number of aryl methyl sites for hydroxylation is 2. The summed E-state index contributed by atoms with van der Waals surface area (Å²) in [4.78, 5) is 32.0. The molecule has 1 aromatic carbocycles. The summed E-state index contributed by atoms with van der Waals surface area (Å²) >= 11 is 1.31. The van der Waals surface area contributed by atoms with Crippen molar-refractivity contribution in [3.63, 3.8) is 0 Å². The SMILES string of the molecule is Cc1c(C(=O)NCC2(c3ccc(F)cc3)CC2)sc2nc3n(c(=O)c12)CCCCC3. The van der Waals surface area contributed by atoms with Gasteiger partial charge in [-0.05, 0) is 55.9 Å². The zero-order valence-electron chi connectivity index (χ0n) is 17.0. The molecule has 5 rings (SSSR count). The van der Waals surface area contributed by atoms with Crippen molar-refractivity contribution in [2.75, 3.05) is 6.54 Å². The van der Waals surface area contributed by atoms with Gasteiger partial charge in [-0.1, -0.05) is 18.6 Å². The van der Waals surface area contributed by atoms with Gasteiger partial charge in [-0.25, -0.2) is 9.37 Å². The summed E-state index contributed by atoms with van der Waals surface area (Å²) in [6.07, 6.45) is 5.89. The van der Waals surface area contributed by atoms with E-state index in [0.29, 0.717) is 28.2 Å². The van der Waals surface area contributed by atoms with Crippen LogP contribution in [0.1, 0.15) is 58.7 Å². The Morgan fingerprint density at radius 1 is 1.23 bits per heavy atom. The predicted molar refractivity (Wildman–Crippen MR) is 116 cm³/mol. The Morgan fingerprint density at radius 2 is 2.00 bits per heavy atom. The van der Waals surface area contributed by atoms with Crippen molar-refractivity contribution in [1.82, 2.24) is 14.9 Å². The van der Waals surface area contributed by atoms with Crippen LogP contribution in [-0.2, 0) is 18.4 Å². The highest BCUT2D eigenvalue weighted by Gasteiger charge is 2.44. The first-order valence-corrected chi connectivity index (χ1v) is 11.4. The number of carbonyl (C=O) groups excluding carboxylic acids is 1. The first-order chi connectivity index (χ1) is 14.5. The van der Waals surface area contributed by atoms with E-state index in [1.54, 1.807) is 16.7 Å². The Balaban J connectivity index is 1.41. The second-order valence-electron chi connectivity index (χ2n) is 8.50. The molecule has 1 aliphatic heterocycles. The fraction of sp³-hybridized carbons (Fsp3) is 0.435. The standard InChI is InChI=1S/C23H24FN3O2S/c1-14-18-21(26-17-5-3-2-4-12-27(17)22(18)29)30-19(14)20(28)25-13-23(10-11-23)15-6-8-16(24)9-7-15/h6-9H,2-5,10-13H2,1H3,(H,25,28). The van der Waals surface area contributed by atoms with Gasteiger partial charge in [0.05, 0.1) is 10.3 Å². The number of hydrogen-bond donors (Lipinski definition) is 1. The summed E-state index contributed by atoms with van der Waals surface area (Å²) in [6.45, 7) is 3.05. The molecule has 156 valence electrons. The third kappa shape index (κ3) is 3.25. The number of rotatable bonds is 4. The molecule has 0 saturated heterocycles. The van der Waals surface area contributed by atoms with Crippen molar-refractivity contribution in [2.45, 2.75) is 57.4 Å². The third-order valence-corrected chi connectivity index (χ3v) is 7.70. The van der Waals surface area contributed by atoms with E-state index < -0.39 is 0 Å². The van der Waals surface area contributed by atoms with Crippen LogP contribution < -0.4 is 10.9 Å². The summed E-state index contributed by atoms with van der Waals surface area (Å²) in [6, 6.07) is 6.54. The molecule has 2 aliphatic rings. The maximum Gasteiger partial charge on any atom is 0.262 e. The van der Waals surface area contributed by atoms with Crippen molar-refractivity contribution in [3.8, 4) is 0 Å². The maximum atomic E-state index is 13.2. The van der Waals surface area contributed by atoms with Gasteiger partial charge in [0.25, 0.3) is 11.5 Å². The van der Waals surface area contributed by atoms with Crippen molar-refractivity contribution in [1.29, 1.82) is 0 Å². The largest absolute Gasteiger partial charge is 0.350 e. The van der Waals surface area contributed by atoms with Gasteiger partial charge in [-0.2, -0.15) is 0 Å².